The molecule has 7 atom stereocenters. The summed E-state index contributed by atoms with van der Waals surface area (Å²) in [5, 5.41) is 30.9. The van der Waals surface area contributed by atoms with Gasteiger partial charge in [-0.2, -0.15) is 0 Å². The lowest BCUT2D eigenvalue weighted by atomic mass is 9.96. The predicted molar refractivity (Wildman–Crippen MR) is 216 cm³/mol. The van der Waals surface area contributed by atoms with E-state index in [0.29, 0.717) is 36.9 Å². The monoisotopic (exact) mass is 802 g/mol. The highest BCUT2D eigenvalue weighted by Gasteiger charge is 2.40. The lowest BCUT2D eigenvalue weighted by Crippen LogP contribution is -2.60. The second kappa shape index (κ2) is 22.2. The van der Waals surface area contributed by atoms with Crippen molar-refractivity contribution in [1.82, 2.24) is 36.1 Å². The molecule has 314 valence electrons. The normalized spacial score (nSPS) is 16.9. The zero-order valence-electron chi connectivity index (χ0n) is 33.5. The number of imidazole rings is 1. The molecule has 1 unspecified atom stereocenters. The summed E-state index contributed by atoms with van der Waals surface area (Å²) < 4.78 is 0. The predicted octanol–water partition coefficient (Wildman–Crippen LogP) is 1.97. The molecule has 4 rings (SSSR count). The molecule has 0 radical (unpaired) electrons. The Balaban J connectivity index is 1.55. The van der Waals surface area contributed by atoms with Crippen molar-refractivity contribution in [3.8, 4) is 5.75 Å². The van der Waals surface area contributed by atoms with Crippen molar-refractivity contribution < 1.29 is 39.0 Å². The van der Waals surface area contributed by atoms with Crippen LogP contribution in [0.1, 0.15) is 76.1 Å². The van der Waals surface area contributed by atoms with E-state index in [4.69, 9.17) is 5.73 Å². The molecule has 0 aliphatic carbocycles. The van der Waals surface area contributed by atoms with E-state index in [1.807, 2.05) is 13.8 Å². The number of likely N-dealkylation sites (tertiary alicyclic amines) is 1. The van der Waals surface area contributed by atoms with Crippen LogP contribution < -0.4 is 27.0 Å². The molecule has 16 heteroatoms. The van der Waals surface area contributed by atoms with Crippen LogP contribution in [0.25, 0.3) is 0 Å². The lowest BCUT2D eigenvalue weighted by Gasteiger charge is -2.31. The lowest BCUT2D eigenvalue weighted by molar-refractivity contribution is -0.145. The van der Waals surface area contributed by atoms with Gasteiger partial charge in [-0.3, -0.25) is 24.0 Å². The molecule has 1 aromatic heterocycles. The zero-order chi connectivity index (χ0) is 42.2. The van der Waals surface area contributed by atoms with E-state index < -0.39 is 71.6 Å². The minimum Gasteiger partial charge on any atom is -0.508 e. The number of aromatic amines is 1. The summed E-state index contributed by atoms with van der Waals surface area (Å²) in [4.78, 5) is 90.3. The topological polar surface area (TPSA) is 249 Å². The van der Waals surface area contributed by atoms with Gasteiger partial charge in [-0.1, -0.05) is 82.5 Å². The summed E-state index contributed by atoms with van der Waals surface area (Å²) in [5.41, 5.74) is 7.85. The van der Waals surface area contributed by atoms with E-state index in [0.717, 1.165) is 18.4 Å². The summed E-state index contributed by atoms with van der Waals surface area (Å²) in [6.45, 7) is 5.94. The average molecular weight is 803 g/mol. The number of carbonyl (C=O) groups is 6. The molecular weight excluding hydrogens is 745 g/mol. The number of phenolic OH excluding ortho intramolecular Hbond substituents is 1. The van der Waals surface area contributed by atoms with E-state index in [1.54, 1.807) is 49.4 Å². The molecule has 3 aromatic rings. The first-order valence-electron chi connectivity index (χ1n) is 20.1. The van der Waals surface area contributed by atoms with Gasteiger partial charge < -0.3 is 47.1 Å². The molecule has 0 bridgehead atoms. The molecule has 1 fully saturated rings. The standard InChI is InChI=1S/C42H58N8O8/c1-4-6-13-29(23-43)37(52)46-32(20-28-15-17-31(51)18-16-28)38(53)49-36(26(3)5-2)40(55)47-33(22-30-24-44-25-45-30)41(56)50-19-10-14-35(50)39(54)48-34(42(57)58)21-27-11-8-7-9-12-27/h7-9,11-12,15-18,24-26,29,32-36,51H,4-6,10,13-14,19-23,43H2,1-3H3,(H,44,45)(H,46,52)(H,47,55)(H,48,54)(H,49,53)(H,57,58)/t26-,29?,32-,33-,34-,35-,36-/m0/s1. The SMILES string of the molecule is CCCCC(CN)C(=O)N[C@@H](Cc1ccc(O)cc1)C(=O)N[C@H](C(=O)N[C@@H](Cc1cnc[nH]1)C(=O)N1CCC[C@H]1C(=O)N[C@@H](Cc1ccccc1)C(=O)O)[C@@H](C)CC. The van der Waals surface area contributed by atoms with Gasteiger partial charge in [-0.05, 0) is 48.4 Å². The number of carboxylic acids is 1. The number of rotatable bonds is 22. The fourth-order valence-electron chi connectivity index (χ4n) is 7.03. The fourth-order valence-corrected chi connectivity index (χ4v) is 7.03. The number of aliphatic carboxylic acids is 1. The first-order chi connectivity index (χ1) is 27.8. The zero-order valence-corrected chi connectivity index (χ0v) is 33.5. The molecule has 1 aliphatic rings. The van der Waals surface area contributed by atoms with Crippen LogP contribution in [0.2, 0.25) is 0 Å². The van der Waals surface area contributed by atoms with Crippen molar-refractivity contribution in [1.29, 1.82) is 0 Å². The molecule has 1 aliphatic heterocycles. The number of carboxylic acid groups (broad SMARTS) is 1. The highest BCUT2D eigenvalue weighted by atomic mass is 16.4. The van der Waals surface area contributed by atoms with Gasteiger partial charge in [0.15, 0.2) is 0 Å². The van der Waals surface area contributed by atoms with Crippen molar-refractivity contribution in [2.45, 2.75) is 109 Å². The van der Waals surface area contributed by atoms with E-state index in [1.165, 1.54) is 29.6 Å². The Hall–Kier alpha value is -5.77. The highest BCUT2D eigenvalue weighted by Crippen LogP contribution is 2.21. The minimum absolute atomic E-state index is 0.0138. The second-order valence-electron chi connectivity index (χ2n) is 15.0. The van der Waals surface area contributed by atoms with Crippen LogP contribution in [-0.2, 0) is 48.0 Å². The Morgan fingerprint density at radius 2 is 1.53 bits per heavy atom. The van der Waals surface area contributed by atoms with Crippen molar-refractivity contribution in [3.63, 3.8) is 0 Å². The van der Waals surface area contributed by atoms with Crippen LogP contribution in [0.3, 0.4) is 0 Å². The van der Waals surface area contributed by atoms with Crippen molar-refractivity contribution in [2.24, 2.45) is 17.6 Å². The largest absolute Gasteiger partial charge is 0.508 e. The summed E-state index contributed by atoms with van der Waals surface area (Å²) >= 11 is 0. The smallest absolute Gasteiger partial charge is 0.326 e. The Morgan fingerprint density at radius 1 is 0.862 bits per heavy atom. The number of nitrogens with two attached hydrogens (primary N) is 1. The van der Waals surface area contributed by atoms with Crippen LogP contribution >= 0.6 is 0 Å². The number of nitrogens with one attached hydrogen (secondary N) is 5. The van der Waals surface area contributed by atoms with Gasteiger partial charge in [-0.25, -0.2) is 9.78 Å². The summed E-state index contributed by atoms with van der Waals surface area (Å²) in [7, 11) is 0. The molecule has 0 spiro atoms. The first-order valence-corrected chi connectivity index (χ1v) is 20.1. The summed E-state index contributed by atoms with van der Waals surface area (Å²) in [5.74, 6) is -4.93. The van der Waals surface area contributed by atoms with E-state index in [9.17, 15) is 39.0 Å². The van der Waals surface area contributed by atoms with E-state index in [2.05, 4.69) is 31.2 Å². The molecule has 58 heavy (non-hydrogen) atoms. The number of amides is 5. The first kappa shape index (κ1) is 44.9. The number of benzene rings is 2. The molecule has 5 amide bonds. The summed E-state index contributed by atoms with van der Waals surface area (Å²) in [6.07, 6.45) is 6.48. The third-order valence-electron chi connectivity index (χ3n) is 10.7. The van der Waals surface area contributed by atoms with Gasteiger partial charge in [0.1, 0.15) is 36.0 Å². The molecule has 16 nitrogen and oxygen atoms in total. The highest BCUT2D eigenvalue weighted by molar-refractivity contribution is 5.96. The van der Waals surface area contributed by atoms with E-state index in [-0.39, 0.29) is 44.0 Å². The van der Waals surface area contributed by atoms with Crippen LogP contribution in [-0.4, -0.2) is 104 Å². The van der Waals surface area contributed by atoms with E-state index >= 15 is 0 Å². The number of aromatic hydroxyl groups is 1. The molecule has 1 saturated heterocycles. The number of hydrogen-bond donors (Lipinski definition) is 8. The summed E-state index contributed by atoms with van der Waals surface area (Å²) in [6, 6.07) is 9.50. The Morgan fingerprint density at radius 3 is 2.16 bits per heavy atom. The Bertz CT molecular complexity index is 1810. The van der Waals surface area contributed by atoms with Crippen LogP contribution in [0, 0.1) is 11.8 Å². The molecular formula is C42H58N8O8. The number of carbonyl (C=O) groups excluding carboxylic acids is 5. The van der Waals surface area contributed by atoms with Crippen LogP contribution in [0.15, 0.2) is 67.1 Å². The van der Waals surface area contributed by atoms with Crippen molar-refractivity contribution in [2.75, 3.05) is 13.1 Å². The molecule has 9 N–H and O–H groups in total. The van der Waals surface area contributed by atoms with Gasteiger partial charge in [-0.15, -0.1) is 0 Å². The number of aromatic nitrogens is 2. The Labute approximate surface area is 339 Å². The van der Waals surface area contributed by atoms with Crippen molar-refractivity contribution in [3.05, 3.63) is 83.9 Å². The van der Waals surface area contributed by atoms with Gasteiger partial charge in [0.25, 0.3) is 0 Å². The van der Waals surface area contributed by atoms with Gasteiger partial charge in [0.2, 0.25) is 29.5 Å². The third kappa shape index (κ3) is 12.9. The maximum absolute atomic E-state index is 14.4. The molecule has 2 aromatic carbocycles. The van der Waals surface area contributed by atoms with Crippen LogP contribution in [0.5, 0.6) is 5.75 Å². The van der Waals surface area contributed by atoms with Crippen LogP contribution in [0.4, 0.5) is 0 Å². The quantitative estimate of drug-likeness (QED) is 0.0734. The molecule has 2 heterocycles. The average Bonchev–Trinajstić information content (AvgIpc) is 3.93. The van der Waals surface area contributed by atoms with Gasteiger partial charge in [0.05, 0.1) is 12.2 Å². The Kier molecular flexibility index (Phi) is 17.2. The third-order valence-corrected chi connectivity index (χ3v) is 10.7. The number of unbranched alkanes of at least 4 members (excludes halogenated alkanes) is 1. The van der Waals surface area contributed by atoms with Gasteiger partial charge in [0, 0.05) is 44.2 Å². The molecule has 0 saturated carbocycles. The maximum Gasteiger partial charge on any atom is 0.326 e. The number of hydrogen-bond acceptors (Lipinski definition) is 9. The van der Waals surface area contributed by atoms with Crippen molar-refractivity contribution >= 4 is 35.5 Å². The maximum atomic E-state index is 14.4. The minimum atomic E-state index is -1.23. The number of nitrogens with zero attached hydrogens (tertiary/aromatic N) is 2. The number of phenols is 1. The second-order valence-corrected chi connectivity index (χ2v) is 15.0. The number of H-pyrrole nitrogens is 1. The fraction of sp³-hybridized carbons (Fsp3) is 0.500. The van der Waals surface area contributed by atoms with Gasteiger partial charge >= 0.3 is 5.97 Å².